The van der Waals surface area contributed by atoms with E-state index in [-0.39, 0.29) is 11.4 Å². The molecule has 18 heavy (non-hydrogen) atoms. The van der Waals surface area contributed by atoms with E-state index in [1.807, 2.05) is 6.92 Å². The second-order valence-electron chi connectivity index (χ2n) is 4.81. The highest BCUT2D eigenvalue weighted by atomic mass is 32.2. The maximum Gasteiger partial charge on any atom is 0.243 e. The third kappa shape index (κ3) is 3.51. The lowest BCUT2D eigenvalue weighted by Crippen LogP contribution is -2.42. The summed E-state index contributed by atoms with van der Waals surface area (Å²) in [6.07, 6.45) is 0.606. The third-order valence-corrected chi connectivity index (χ3v) is 4.55. The van der Waals surface area contributed by atoms with Gasteiger partial charge in [0, 0.05) is 12.1 Å². The van der Waals surface area contributed by atoms with Gasteiger partial charge in [-0.3, -0.25) is 0 Å². The van der Waals surface area contributed by atoms with Crippen LogP contribution in [0.25, 0.3) is 0 Å². The number of benzene rings is 1. The molecule has 0 aliphatic rings. The van der Waals surface area contributed by atoms with Crippen molar-refractivity contribution in [1.29, 1.82) is 0 Å². The van der Waals surface area contributed by atoms with Crippen molar-refractivity contribution in [3.8, 4) is 0 Å². The van der Waals surface area contributed by atoms with Crippen LogP contribution in [-0.4, -0.2) is 14.0 Å². The molecular formula is C12H19FN2O2S. The molecule has 0 aliphatic carbocycles. The van der Waals surface area contributed by atoms with Crippen LogP contribution in [0.15, 0.2) is 23.1 Å². The monoisotopic (exact) mass is 274 g/mol. The number of hydrogen-bond donors (Lipinski definition) is 2. The molecule has 1 aromatic carbocycles. The molecule has 0 aromatic heterocycles. The summed E-state index contributed by atoms with van der Waals surface area (Å²) < 4.78 is 40.3. The summed E-state index contributed by atoms with van der Waals surface area (Å²) in [6.45, 7) is 5.52. The summed E-state index contributed by atoms with van der Waals surface area (Å²) in [7, 11) is -3.85. The van der Waals surface area contributed by atoms with E-state index >= 15 is 0 Å². The molecule has 4 nitrogen and oxygen atoms in total. The summed E-state index contributed by atoms with van der Waals surface area (Å²) in [4.78, 5) is -0.346. The van der Waals surface area contributed by atoms with Crippen molar-refractivity contribution in [1.82, 2.24) is 4.72 Å². The molecule has 0 unspecified atom stereocenters. The van der Waals surface area contributed by atoms with Gasteiger partial charge in [0.15, 0.2) is 0 Å². The fraction of sp³-hybridized carbons (Fsp3) is 0.500. The first kappa shape index (κ1) is 15.1. The van der Waals surface area contributed by atoms with Gasteiger partial charge in [-0.25, -0.2) is 17.5 Å². The van der Waals surface area contributed by atoms with Crippen molar-refractivity contribution >= 4 is 10.0 Å². The fourth-order valence-electron chi connectivity index (χ4n) is 1.38. The van der Waals surface area contributed by atoms with Gasteiger partial charge in [0.25, 0.3) is 0 Å². The van der Waals surface area contributed by atoms with E-state index in [9.17, 15) is 12.8 Å². The molecule has 0 aliphatic heterocycles. The minimum Gasteiger partial charge on any atom is -0.326 e. The van der Waals surface area contributed by atoms with E-state index in [4.69, 9.17) is 5.73 Å². The Hall–Kier alpha value is -0.980. The van der Waals surface area contributed by atoms with E-state index in [0.29, 0.717) is 12.0 Å². The van der Waals surface area contributed by atoms with Crippen LogP contribution in [0.1, 0.15) is 32.8 Å². The van der Waals surface area contributed by atoms with E-state index in [1.165, 1.54) is 12.1 Å². The van der Waals surface area contributed by atoms with Gasteiger partial charge >= 0.3 is 0 Å². The molecule has 0 saturated carbocycles. The molecule has 0 spiro atoms. The molecule has 0 radical (unpaired) electrons. The summed E-state index contributed by atoms with van der Waals surface area (Å²) in [5, 5.41) is 0. The Morgan fingerprint density at radius 2 is 2.00 bits per heavy atom. The summed E-state index contributed by atoms with van der Waals surface area (Å²) in [5.41, 5.74) is 5.31. The van der Waals surface area contributed by atoms with Crippen LogP contribution in [0.5, 0.6) is 0 Å². The molecule has 6 heteroatoms. The number of nitrogens with two attached hydrogens (primary N) is 1. The maximum atomic E-state index is 13.7. The van der Waals surface area contributed by atoms with Gasteiger partial charge in [-0.15, -0.1) is 0 Å². The van der Waals surface area contributed by atoms with E-state index in [2.05, 4.69) is 4.72 Å². The van der Waals surface area contributed by atoms with Gasteiger partial charge in [0.2, 0.25) is 10.0 Å². The quantitative estimate of drug-likeness (QED) is 0.859. The second-order valence-corrected chi connectivity index (χ2v) is 6.46. The Kier molecular flexibility index (Phi) is 4.47. The molecule has 0 amide bonds. The van der Waals surface area contributed by atoms with Crippen LogP contribution in [0.4, 0.5) is 4.39 Å². The lowest BCUT2D eigenvalue weighted by Gasteiger charge is -2.24. The molecule has 0 saturated heterocycles. The van der Waals surface area contributed by atoms with Crippen molar-refractivity contribution < 1.29 is 12.8 Å². The van der Waals surface area contributed by atoms with Crippen molar-refractivity contribution in [3.05, 3.63) is 29.6 Å². The van der Waals surface area contributed by atoms with Crippen molar-refractivity contribution in [2.45, 2.75) is 44.2 Å². The Bertz CT molecular complexity index is 527. The Morgan fingerprint density at radius 1 is 1.39 bits per heavy atom. The molecule has 0 fully saturated rings. The van der Waals surface area contributed by atoms with Gasteiger partial charge in [-0.1, -0.05) is 13.0 Å². The predicted octanol–water partition coefficient (Wildman–Crippen LogP) is 1.75. The molecule has 0 bridgehead atoms. The van der Waals surface area contributed by atoms with Gasteiger partial charge < -0.3 is 5.73 Å². The minimum absolute atomic E-state index is 0.172. The Morgan fingerprint density at radius 3 is 2.44 bits per heavy atom. The largest absolute Gasteiger partial charge is 0.326 e. The number of sulfonamides is 1. The highest BCUT2D eigenvalue weighted by molar-refractivity contribution is 7.89. The smallest absolute Gasteiger partial charge is 0.243 e. The highest BCUT2D eigenvalue weighted by Crippen LogP contribution is 2.19. The number of rotatable bonds is 5. The topological polar surface area (TPSA) is 72.2 Å². The average molecular weight is 274 g/mol. The Labute approximate surface area is 107 Å². The first-order valence-electron chi connectivity index (χ1n) is 5.74. The number of halogens is 1. The van der Waals surface area contributed by atoms with Gasteiger partial charge in [-0.05, 0) is 38.0 Å². The van der Waals surface area contributed by atoms with E-state index in [0.717, 1.165) is 6.07 Å². The zero-order valence-corrected chi connectivity index (χ0v) is 11.6. The van der Waals surface area contributed by atoms with Gasteiger partial charge in [0.05, 0.1) is 0 Å². The van der Waals surface area contributed by atoms with Crippen LogP contribution < -0.4 is 10.5 Å². The van der Waals surface area contributed by atoms with Crippen molar-refractivity contribution in [2.24, 2.45) is 5.73 Å². The zero-order chi connectivity index (χ0) is 14.0. The fourth-order valence-corrected chi connectivity index (χ4v) is 2.92. The minimum atomic E-state index is -3.85. The van der Waals surface area contributed by atoms with Gasteiger partial charge in [-0.2, -0.15) is 0 Å². The molecule has 1 aromatic rings. The number of hydrogen-bond acceptors (Lipinski definition) is 3. The Balaban J connectivity index is 3.14. The zero-order valence-electron chi connectivity index (χ0n) is 10.8. The standard InChI is InChI=1S/C12H19FN2O2S/c1-4-12(2,3)15-18(16,17)11-6-5-9(8-14)7-10(11)13/h5-7,15H,4,8,14H2,1-3H3. The lowest BCUT2D eigenvalue weighted by molar-refractivity contribution is 0.437. The molecule has 1 rings (SSSR count). The first-order valence-corrected chi connectivity index (χ1v) is 7.22. The average Bonchev–Trinajstić information content (AvgIpc) is 2.27. The molecule has 0 heterocycles. The number of nitrogens with one attached hydrogen (secondary N) is 1. The summed E-state index contributed by atoms with van der Waals surface area (Å²) in [5.74, 6) is -0.780. The first-order chi connectivity index (χ1) is 8.22. The third-order valence-electron chi connectivity index (χ3n) is 2.82. The van der Waals surface area contributed by atoms with E-state index in [1.54, 1.807) is 13.8 Å². The maximum absolute atomic E-state index is 13.7. The SMILES string of the molecule is CCC(C)(C)NS(=O)(=O)c1ccc(CN)cc1F. The molecule has 0 atom stereocenters. The van der Waals surface area contributed by atoms with Gasteiger partial charge in [0.1, 0.15) is 10.7 Å². The highest BCUT2D eigenvalue weighted by Gasteiger charge is 2.26. The van der Waals surface area contributed by atoms with E-state index < -0.39 is 21.4 Å². The summed E-state index contributed by atoms with van der Waals surface area (Å²) >= 11 is 0. The normalized spacial score (nSPS) is 12.7. The van der Waals surface area contributed by atoms with Crippen molar-refractivity contribution in [2.75, 3.05) is 0 Å². The van der Waals surface area contributed by atoms with Crippen LogP contribution in [0, 0.1) is 5.82 Å². The summed E-state index contributed by atoms with van der Waals surface area (Å²) in [6, 6.07) is 3.90. The molecular weight excluding hydrogens is 255 g/mol. The predicted molar refractivity (Wildman–Crippen MR) is 69.0 cm³/mol. The van der Waals surface area contributed by atoms with Crippen LogP contribution in [0.3, 0.4) is 0 Å². The lowest BCUT2D eigenvalue weighted by atomic mass is 10.0. The molecule has 3 N–H and O–H groups in total. The second kappa shape index (κ2) is 5.34. The molecule has 102 valence electrons. The van der Waals surface area contributed by atoms with Crippen LogP contribution >= 0.6 is 0 Å². The van der Waals surface area contributed by atoms with Crippen molar-refractivity contribution in [3.63, 3.8) is 0 Å². The van der Waals surface area contributed by atoms with Crippen LogP contribution in [-0.2, 0) is 16.6 Å². The van der Waals surface area contributed by atoms with Crippen LogP contribution in [0.2, 0.25) is 0 Å².